The first kappa shape index (κ1) is 21.4. The zero-order valence-corrected chi connectivity index (χ0v) is 18.6. The second-order valence-electron chi connectivity index (χ2n) is 6.57. The fourth-order valence-corrected chi connectivity index (χ4v) is 4.52. The maximum Gasteiger partial charge on any atom is 0.271 e. The molecule has 0 atom stereocenters. The quantitative estimate of drug-likeness (QED) is 0.190. The number of nitro groups is 1. The molecule has 0 spiro atoms. The van der Waals surface area contributed by atoms with Crippen LogP contribution in [0.4, 0.5) is 5.69 Å². The summed E-state index contributed by atoms with van der Waals surface area (Å²) in [7, 11) is 0. The van der Waals surface area contributed by atoms with E-state index in [4.69, 9.17) is 4.74 Å². The molecule has 1 heterocycles. The van der Waals surface area contributed by atoms with Crippen molar-refractivity contribution >= 4 is 49.4 Å². The Morgan fingerprint density at radius 3 is 2.03 bits per heavy atom. The molecule has 0 aromatic heterocycles. The minimum Gasteiger partial charge on any atom is -0.491 e. The molecule has 29 heavy (non-hydrogen) atoms. The van der Waals surface area contributed by atoms with Crippen molar-refractivity contribution in [3.05, 3.63) is 66.6 Å². The number of amides is 2. The number of hydrogen-bond acceptors (Lipinski definition) is 5. The van der Waals surface area contributed by atoms with Crippen LogP contribution in [0.5, 0.6) is 5.75 Å². The minimum atomic E-state index is -0.465. The number of non-ortho nitro benzene ring substituents is 1. The molecule has 0 aliphatic carbocycles. The van der Waals surface area contributed by atoms with Gasteiger partial charge in [0.15, 0.2) is 0 Å². The molecule has 2 aromatic carbocycles. The number of imide groups is 1. The van der Waals surface area contributed by atoms with E-state index < -0.39 is 4.92 Å². The Kier molecular flexibility index (Phi) is 7.02. The molecule has 2 aromatic rings. The topological polar surface area (TPSA) is 89.8 Å². The second kappa shape index (κ2) is 9.49. The molecule has 0 N–H and O–H groups in total. The number of carbonyl (C=O) groups excluding carboxylic acids is 2. The van der Waals surface area contributed by atoms with E-state index >= 15 is 0 Å². The standard InChI is InChI=1S/C20H18Br2N2O5/c21-16-11-13(24(27)28)12-17(22)18(16)29-10-6-2-1-5-9-23-19(25)14-7-3-4-8-15(14)20(23)26/h3-4,7-8,11-12H,1-2,5-6,9-10H2. The lowest BCUT2D eigenvalue weighted by Gasteiger charge is -2.13. The van der Waals surface area contributed by atoms with Gasteiger partial charge in [-0.15, -0.1) is 0 Å². The van der Waals surface area contributed by atoms with Crippen LogP contribution in [0, 0.1) is 10.1 Å². The van der Waals surface area contributed by atoms with E-state index in [1.807, 2.05) is 0 Å². The summed E-state index contributed by atoms with van der Waals surface area (Å²) in [4.78, 5) is 36.3. The largest absolute Gasteiger partial charge is 0.491 e. The van der Waals surface area contributed by atoms with Gasteiger partial charge in [-0.25, -0.2) is 0 Å². The average Bonchev–Trinajstić information content (AvgIpc) is 2.93. The van der Waals surface area contributed by atoms with Gasteiger partial charge < -0.3 is 4.74 Å². The van der Waals surface area contributed by atoms with Crippen molar-refractivity contribution in [2.75, 3.05) is 13.2 Å². The van der Waals surface area contributed by atoms with E-state index in [9.17, 15) is 19.7 Å². The highest BCUT2D eigenvalue weighted by Crippen LogP contribution is 2.37. The van der Waals surface area contributed by atoms with Crippen molar-refractivity contribution < 1.29 is 19.2 Å². The number of nitrogens with zero attached hydrogens (tertiary/aromatic N) is 2. The van der Waals surface area contributed by atoms with E-state index in [0.29, 0.717) is 39.0 Å². The van der Waals surface area contributed by atoms with Crippen molar-refractivity contribution in [3.63, 3.8) is 0 Å². The first-order valence-electron chi connectivity index (χ1n) is 9.11. The van der Waals surface area contributed by atoms with E-state index in [1.165, 1.54) is 17.0 Å². The molecular weight excluding hydrogens is 508 g/mol. The average molecular weight is 526 g/mol. The lowest BCUT2D eigenvalue weighted by molar-refractivity contribution is -0.385. The van der Waals surface area contributed by atoms with Crippen LogP contribution in [-0.4, -0.2) is 34.8 Å². The molecule has 9 heteroatoms. The lowest BCUT2D eigenvalue weighted by Crippen LogP contribution is -2.30. The SMILES string of the molecule is O=C1c2ccccc2C(=O)N1CCCCCCOc1c(Br)cc([N+](=O)[O-])cc1Br. The number of unbranched alkanes of at least 4 members (excludes halogenated alkanes) is 3. The van der Waals surface area contributed by atoms with Gasteiger partial charge in [0.1, 0.15) is 5.75 Å². The first-order valence-corrected chi connectivity index (χ1v) is 10.7. The van der Waals surface area contributed by atoms with E-state index in [2.05, 4.69) is 31.9 Å². The van der Waals surface area contributed by atoms with Crippen LogP contribution in [0.2, 0.25) is 0 Å². The predicted molar refractivity (Wildman–Crippen MR) is 114 cm³/mol. The van der Waals surface area contributed by atoms with Gasteiger partial charge in [0.25, 0.3) is 17.5 Å². The number of benzene rings is 2. The van der Waals surface area contributed by atoms with Crippen LogP contribution in [0.25, 0.3) is 0 Å². The molecule has 7 nitrogen and oxygen atoms in total. The summed E-state index contributed by atoms with van der Waals surface area (Å²) < 4.78 is 6.76. The Hall–Kier alpha value is -2.26. The van der Waals surface area contributed by atoms with Gasteiger partial charge in [-0.1, -0.05) is 25.0 Å². The van der Waals surface area contributed by atoms with Crippen molar-refractivity contribution in [2.45, 2.75) is 25.7 Å². The Balaban J connectivity index is 1.39. The van der Waals surface area contributed by atoms with E-state index in [1.54, 1.807) is 24.3 Å². The molecule has 0 bridgehead atoms. The zero-order valence-electron chi connectivity index (χ0n) is 15.4. The van der Waals surface area contributed by atoms with E-state index in [0.717, 1.165) is 25.7 Å². The monoisotopic (exact) mass is 524 g/mol. The number of fused-ring (bicyclic) bond motifs is 1. The van der Waals surface area contributed by atoms with Crippen molar-refractivity contribution in [1.29, 1.82) is 0 Å². The molecule has 3 rings (SSSR count). The third-order valence-electron chi connectivity index (χ3n) is 4.59. The maximum absolute atomic E-state index is 12.3. The number of hydrogen-bond donors (Lipinski definition) is 0. The summed E-state index contributed by atoms with van der Waals surface area (Å²) in [5.41, 5.74) is 0.930. The van der Waals surface area contributed by atoms with Crippen LogP contribution in [0.15, 0.2) is 45.3 Å². The number of ether oxygens (including phenoxy) is 1. The van der Waals surface area contributed by atoms with Crippen LogP contribution in [0.1, 0.15) is 46.4 Å². The van der Waals surface area contributed by atoms with Crippen molar-refractivity contribution in [2.24, 2.45) is 0 Å². The Morgan fingerprint density at radius 2 is 1.48 bits per heavy atom. The van der Waals surface area contributed by atoms with Crippen LogP contribution >= 0.6 is 31.9 Å². The summed E-state index contributed by atoms with van der Waals surface area (Å²) in [5.74, 6) is 0.0882. The second-order valence-corrected chi connectivity index (χ2v) is 8.27. The number of carbonyl (C=O) groups is 2. The normalized spacial score (nSPS) is 13.0. The zero-order chi connectivity index (χ0) is 21.0. The fraction of sp³-hybridized carbons (Fsp3) is 0.300. The predicted octanol–water partition coefficient (Wildman–Crippen LogP) is 5.36. The molecule has 0 saturated carbocycles. The van der Waals surface area contributed by atoms with E-state index in [-0.39, 0.29) is 17.5 Å². The van der Waals surface area contributed by atoms with Gasteiger partial charge in [-0.05, 0) is 56.8 Å². The molecule has 0 unspecified atom stereocenters. The molecule has 0 fully saturated rings. The molecule has 2 amide bonds. The summed E-state index contributed by atoms with van der Waals surface area (Å²) in [6, 6.07) is 9.69. The summed E-state index contributed by atoms with van der Waals surface area (Å²) >= 11 is 6.59. The Bertz CT molecular complexity index is 906. The molecule has 0 saturated heterocycles. The third-order valence-corrected chi connectivity index (χ3v) is 5.77. The van der Waals surface area contributed by atoms with Crippen LogP contribution in [-0.2, 0) is 0 Å². The minimum absolute atomic E-state index is 0.0238. The van der Waals surface area contributed by atoms with Gasteiger partial charge in [-0.3, -0.25) is 24.6 Å². The highest BCUT2D eigenvalue weighted by atomic mass is 79.9. The highest BCUT2D eigenvalue weighted by molar-refractivity contribution is 9.11. The van der Waals surface area contributed by atoms with Gasteiger partial charge in [0.2, 0.25) is 0 Å². The summed E-state index contributed by atoms with van der Waals surface area (Å²) in [5, 5.41) is 10.9. The fourth-order valence-electron chi connectivity index (χ4n) is 3.13. The molecule has 1 aliphatic rings. The Morgan fingerprint density at radius 1 is 0.931 bits per heavy atom. The van der Waals surface area contributed by atoms with Gasteiger partial charge in [-0.2, -0.15) is 0 Å². The summed E-state index contributed by atoms with van der Waals surface area (Å²) in [6.45, 7) is 0.870. The number of halogens is 2. The van der Waals surface area contributed by atoms with Gasteiger partial charge in [0.05, 0.1) is 31.6 Å². The van der Waals surface area contributed by atoms with Crippen LogP contribution in [0.3, 0.4) is 0 Å². The molecule has 0 radical (unpaired) electrons. The molecule has 1 aliphatic heterocycles. The molecular formula is C20H18Br2N2O5. The van der Waals surface area contributed by atoms with Crippen molar-refractivity contribution in [1.82, 2.24) is 4.90 Å². The smallest absolute Gasteiger partial charge is 0.271 e. The summed E-state index contributed by atoms with van der Waals surface area (Å²) in [6.07, 6.45) is 3.26. The molecule has 152 valence electrons. The highest BCUT2D eigenvalue weighted by Gasteiger charge is 2.34. The number of nitro benzene ring substituents is 1. The number of rotatable bonds is 9. The van der Waals surface area contributed by atoms with Crippen LogP contribution < -0.4 is 4.74 Å². The third kappa shape index (κ3) is 4.84. The lowest BCUT2D eigenvalue weighted by atomic mass is 10.1. The van der Waals surface area contributed by atoms with Crippen molar-refractivity contribution in [3.8, 4) is 5.75 Å². The Labute approximate surface area is 184 Å². The first-order chi connectivity index (χ1) is 13.9. The maximum atomic E-state index is 12.3. The van der Waals surface area contributed by atoms with Gasteiger partial charge >= 0.3 is 0 Å². The van der Waals surface area contributed by atoms with Gasteiger partial charge in [0, 0.05) is 18.7 Å².